The fourth-order valence-corrected chi connectivity index (χ4v) is 3.00. The summed E-state index contributed by atoms with van der Waals surface area (Å²) in [6, 6.07) is 1.64. The fraction of sp³-hybridized carbons (Fsp3) is 0.500. The number of hydrogen-bond donors (Lipinski definition) is 2. The molecule has 3 rings (SSSR count). The number of aliphatic hydroxyl groups excluding tert-OH is 1. The van der Waals surface area contributed by atoms with E-state index in [9.17, 15) is 18.4 Å². The number of carbonyl (C=O) groups excluding carboxylic acids is 2. The van der Waals surface area contributed by atoms with Crippen LogP contribution < -0.4 is 15.1 Å². The molecule has 2 fully saturated rings. The Morgan fingerprint density at radius 2 is 2.00 bits per heavy atom. The highest BCUT2D eigenvalue weighted by atomic mass is 19.1. The van der Waals surface area contributed by atoms with Gasteiger partial charge in [0.2, 0.25) is 0 Å². The van der Waals surface area contributed by atoms with Crippen LogP contribution in [0.3, 0.4) is 0 Å². The molecule has 0 saturated carbocycles. The minimum Gasteiger partial charge on any atom is -0.441 e. The number of anilines is 2. The van der Waals surface area contributed by atoms with Crippen LogP contribution in [0.5, 0.6) is 0 Å². The van der Waals surface area contributed by atoms with Crippen LogP contribution in [0.15, 0.2) is 12.1 Å². The third-order valence-corrected chi connectivity index (χ3v) is 4.33. The van der Waals surface area contributed by atoms with Crippen LogP contribution in [-0.2, 0) is 9.57 Å². The van der Waals surface area contributed by atoms with Crippen molar-refractivity contribution in [3.05, 3.63) is 23.8 Å². The van der Waals surface area contributed by atoms with Crippen LogP contribution in [0.2, 0.25) is 0 Å². The van der Waals surface area contributed by atoms with Crippen molar-refractivity contribution in [1.82, 2.24) is 10.4 Å². The summed E-state index contributed by atoms with van der Waals surface area (Å²) in [5.41, 5.74) is -0.250. The molecule has 0 spiro atoms. The first-order valence-corrected chi connectivity index (χ1v) is 8.39. The van der Waals surface area contributed by atoms with E-state index in [0.717, 1.165) is 22.1 Å². The molecule has 2 aliphatic rings. The van der Waals surface area contributed by atoms with Crippen molar-refractivity contribution in [2.75, 3.05) is 56.2 Å². The Morgan fingerprint density at radius 3 is 2.59 bits per heavy atom. The molecule has 1 aromatic carbocycles. The average Bonchev–Trinajstić information content (AvgIpc) is 2.86. The summed E-state index contributed by atoms with van der Waals surface area (Å²) >= 11 is 0. The second kappa shape index (κ2) is 7.92. The topological polar surface area (TPSA) is 94.6 Å². The van der Waals surface area contributed by atoms with Gasteiger partial charge in [-0.2, -0.15) is 0 Å². The molecule has 2 saturated heterocycles. The van der Waals surface area contributed by atoms with E-state index in [-0.39, 0.29) is 50.8 Å². The van der Waals surface area contributed by atoms with E-state index in [1.165, 1.54) is 11.9 Å². The van der Waals surface area contributed by atoms with E-state index in [2.05, 4.69) is 5.32 Å². The number of amides is 3. The number of nitrogens with one attached hydrogen (secondary N) is 1. The van der Waals surface area contributed by atoms with Gasteiger partial charge in [-0.25, -0.2) is 23.4 Å². The Morgan fingerprint density at radius 1 is 1.30 bits per heavy atom. The van der Waals surface area contributed by atoms with E-state index in [1.807, 2.05) is 0 Å². The lowest BCUT2D eigenvalue weighted by molar-refractivity contribution is -0.104. The highest BCUT2D eigenvalue weighted by molar-refractivity contribution is 5.90. The summed E-state index contributed by atoms with van der Waals surface area (Å²) in [6.07, 6.45) is -1.51. The van der Waals surface area contributed by atoms with Crippen LogP contribution in [0, 0.1) is 11.6 Å². The van der Waals surface area contributed by atoms with Gasteiger partial charge in [0.15, 0.2) is 11.6 Å². The summed E-state index contributed by atoms with van der Waals surface area (Å²) in [7, 11) is 1.46. The van der Waals surface area contributed by atoms with Gasteiger partial charge in [-0.1, -0.05) is 0 Å². The number of hydrogen-bond acceptors (Lipinski definition) is 6. The van der Waals surface area contributed by atoms with Crippen molar-refractivity contribution >= 4 is 23.5 Å². The van der Waals surface area contributed by atoms with E-state index >= 15 is 0 Å². The number of benzene rings is 1. The summed E-state index contributed by atoms with van der Waals surface area (Å²) in [5.74, 6) is -1.70. The first-order chi connectivity index (χ1) is 12.9. The number of urea groups is 1. The van der Waals surface area contributed by atoms with Gasteiger partial charge in [-0.15, -0.1) is 0 Å². The number of halogens is 2. The molecule has 3 amide bonds. The van der Waals surface area contributed by atoms with Crippen LogP contribution in [0.1, 0.15) is 0 Å². The Labute approximate surface area is 154 Å². The number of ether oxygens (including phenoxy) is 1. The molecular formula is C16H20F2N4O5. The maximum absolute atomic E-state index is 14.7. The monoisotopic (exact) mass is 386 g/mol. The van der Waals surface area contributed by atoms with Gasteiger partial charge in [0.1, 0.15) is 11.8 Å². The Balaban J connectivity index is 1.79. The highest BCUT2D eigenvalue weighted by Crippen LogP contribution is 2.31. The smallest absolute Gasteiger partial charge is 0.414 e. The maximum Gasteiger partial charge on any atom is 0.414 e. The SMILES string of the molecule is CNC(=O)N1CCN(c2c(F)cc(N3C[C@H](CO)OC3=O)cc2F)CCO1. The van der Waals surface area contributed by atoms with Crippen LogP contribution in [-0.4, -0.2) is 74.8 Å². The summed E-state index contributed by atoms with van der Waals surface area (Å²) in [4.78, 5) is 31.2. The highest BCUT2D eigenvalue weighted by Gasteiger charge is 2.33. The number of rotatable bonds is 3. The van der Waals surface area contributed by atoms with Crippen LogP contribution >= 0.6 is 0 Å². The third kappa shape index (κ3) is 3.88. The molecule has 1 atom stereocenters. The molecule has 0 radical (unpaired) electrons. The van der Waals surface area contributed by atoms with Gasteiger partial charge in [-0.3, -0.25) is 9.74 Å². The number of carbonyl (C=O) groups is 2. The molecule has 0 unspecified atom stereocenters. The maximum atomic E-state index is 14.7. The molecule has 1 aromatic rings. The lowest BCUT2D eigenvalue weighted by atomic mass is 10.2. The van der Waals surface area contributed by atoms with E-state index in [4.69, 9.17) is 14.7 Å². The molecule has 9 nitrogen and oxygen atoms in total. The number of aliphatic hydroxyl groups is 1. The van der Waals surface area contributed by atoms with Gasteiger partial charge < -0.3 is 20.1 Å². The molecule has 0 aliphatic carbocycles. The predicted octanol–water partition coefficient (Wildman–Crippen LogP) is 0.675. The quantitative estimate of drug-likeness (QED) is 0.793. The zero-order valence-corrected chi connectivity index (χ0v) is 14.7. The van der Waals surface area contributed by atoms with Gasteiger partial charge in [0.05, 0.1) is 32.0 Å². The lowest BCUT2D eigenvalue weighted by Gasteiger charge is -2.24. The number of hydroxylamine groups is 2. The molecule has 2 heterocycles. The zero-order chi connectivity index (χ0) is 19.6. The number of nitrogens with zero attached hydrogens (tertiary/aromatic N) is 3. The summed E-state index contributed by atoms with van der Waals surface area (Å²) in [6.45, 7) is 0.173. The van der Waals surface area contributed by atoms with Crippen molar-refractivity contribution in [3.63, 3.8) is 0 Å². The summed E-state index contributed by atoms with van der Waals surface area (Å²) in [5, 5.41) is 12.6. The van der Waals surface area contributed by atoms with Gasteiger partial charge >= 0.3 is 12.1 Å². The normalized spacial score (nSPS) is 20.5. The van der Waals surface area contributed by atoms with E-state index in [0.29, 0.717) is 0 Å². The zero-order valence-electron chi connectivity index (χ0n) is 14.7. The fourth-order valence-electron chi connectivity index (χ4n) is 3.00. The minimum atomic E-state index is -0.848. The molecule has 148 valence electrons. The second-order valence-corrected chi connectivity index (χ2v) is 6.03. The Kier molecular flexibility index (Phi) is 5.61. The van der Waals surface area contributed by atoms with Crippen molar-refractivity contribution < 1.29 is 33.1 Å². The van der Waals surface area contributed by atoms with Crippen molar-refractivity contribution in [2.24, 2.45) is 0 Å². The predicted molar refractivity (Wildman–Crippen MR) is 90.4 cm³/mol. The standard InChI is InChI=1S/C16H20F2N4O5/c1-19-15(24)22-3-2-20(4-5-26-22)14-12(17)6-10(7-13(14)18)21-8-11(9-23)27-16(21)25/h6-7,11,23H,2-5,8-9H2,1H3,(H,19,24)/t11-/m1/s1. The largest absolute Gasteiger partial charge is 0.441 e. The molecular weight excluding hydrogens is 366 g/mol. The number of cyclic esters (lactones) is 1. The first-order valence-electron chi connectivity index (χ1n) is 8.39. The molecule has 11 heteroatoms. The average molecular weight is 386 g/mol. The van der Waals surface area contributed by atoms with Crippen molar-refractivity contribution in [3.8, 4) is 0 Å². The summed E-state index contributed by atoms with van der Waals surface area (Å²) < 4.78 is 34.2. The van der Waals surface area contributed by atoms with Crippen LogP contribution in [0.4, 0.5) is 29.7 Å². The molecule has 0 aromatic heterocycles. The molecule has 27 heavy (non-hydrogen) atoms. The third-order valence-electron chi connectivity index (χ3n) is 4.33. The molecule has 2 aliphatic heterocycles. The van der Waals surface area contributed by atoms with Gasteiger partial charge in [-0.05, 0) is 0 Å². The second-order valence-electron chi connectivity index (χ2n) is 6.03. The Hall–Kier alpha value is -2.66. The van der Waals surface area contributed by atoms with Crippen LogP contribution in [0.25, 0.3) is 0 Å². The first kappa shape index (κ1) is 19.1. The minimum absolute atomic E-state index is 0.00615. The molecule has 2 N–H and O–H groups in total. The van der Waals surface area contributed by atoms with E-state index in [1.54, 1.807) is 0 Å². The van der Waals surface area contributed by atoms with Crippen molar-refractivity contribution in [1.29, 1.82) is 0 Å². The lowest BCUT2D eigenvalue weighted by Crippen LogP contribution is -2.39. The van der Waals surface area contributed by atoms with Gasteiger partial charge in [0.25, 0.3) is 0 Å². The van der Waals surface area contributed by atoms with Crippen molar-refractivity contribution in [2.45, 2.75) is 6.10 Å². The molecule has 0 bridgehead atoms. The van der Waals surface area contributed by atoms with Gasteiger partial charge in [0, 0.05) is 32.3 Å². The van der Waals surface area contributed by atoms with E-state index < -0.39 is 29.9 Å². The Bertz CT molecular complexity index is 712.